The first-order valence-electron chi connectivity index (χ1n) is 7.90. The van der Waals surface area contributed by atoms with Crippen LogP contribution >= 0.6 is 0 Å². The van der Waals surface area contributed by atoms with Crippen molar-refractivity contribution in [3.05, 3.63) is 0 Å². The van der Waals surface area contributed by atoms with Gasteiger partial charge in [-0.3, -0.25) is 4.79 Å². The highest BCUT2D eigenvalue weighted by atomic mass is 16.2. The fourth-order valence-corrected chi connectivity index (χ4v) is 3.98. The molecule has 1 amide bonds. The van der Waals surface area contributed by atoms with E-state index in [1.165, 1.54) is 25.7 Å². The molecule has 0 bridgehead atoms. The molecule has 3 fully saturated rings. The molecule has 2 saturated heterocycles. The predicted molar refractivity (Wildman–Crippen MR) is 76.0 cm³/mol. The number of hydrogen-bond acceptors (Lipinski definition) is 3. The lowest BCUT2D eigenvalue weighted by molar-refractivity contribution is -0.135. The first-order valence-corrected chi connectivity index (χ1v) is 7.90. The molecule has 2 aliphatic heterocycles. The van der Waals surface area contributed by atoms with Gasteiger partial charge in [0, 0.05) is 31.7 Å². The summed E-state index contributed by atoms with van der Waals surface area (Å²) in [5, 5.41) is 3.61. The van der Waals surface area contributed by atoms with Gasteiger partial charge in [-0.1, -0.05) is 12.8 Å². The normalized spacial score (nSPS) is 40.2. The Morgan fingerprint density at radius 3 is 2.74 bits per heavy atom. The van der Waals surface area contributed by atoms with Crippen molar-refractivity contribution in [2.75, 3.05) is 26.7 Å². The highest BCUT2D eigenvalue weighted by Gasteiger charge is 2.40. The SMILES string of the molecule is CC1CN(C(=O)C2CC3CCCCC3N2)CCN1C. The second kappa shape index (κ2) is 5.41. The van der Waals surface area contributed by atoms with Gasteiger partial charge in [-0.2, -0.15) is 0 Å². The van der Waals surface area contributed by atoms with Crippen molar-refractivity contribution in [3.8, 4) is 0 Å². The van der Waals surface area contributed by atoms with Gasteiger partial charge >= 0.3 is 0 Å². The van der Waals surface area contributed by atoms with E-state index in [1.807, 2.05) is 0 Å². The van der Waals surface area contributed by atoms with Crippen LogP contribution < -0.4 is 5.32 Å². The van der Waals surface area contributed by atoms with Crippen molar-refractivity contribution >= 4 is 5.91 Å². The Bertz CT molecular complexity index is 332. The zero-order chi connectivity index (χ0) is 13.4. The lowest BCUT2D eigenvalue weighted by atomic mass is 9.85. The van der Waals surface area contributed by atoms with Gasteiger partial charge in [0.1, 0.15) is 0 Å². The van der Waals surface area contributed by atoms with Crippen LogP contribution in [0.25, 0.3) is 0 Å². The van der Waals surface area contributed by atoms with Crippen LogP contribution in [-0.2, 0) is 4.79 Å². The quantitative estimate of drug-likeness (QED) is 0.770. The Morgan fingerprint density at radius 1 is 1.21 bits per heavy atom. The molecule has 108 valence electrons. The maximum Gasteiger partial charge on any atom is 0.239 e. The largest absolute Gasteiger partial charge is 0.339 e. The number of amides is 1. The molecule has 19 heavy (non-hydrogen) atoms. The third-order valence-corrected chi connectivity index (χ3v) is 5.43. The van der Waals surface area contributed by atoms with Gasteiger partial charge in [0.05, 0.1) is 6.04 Å². The highest BCUT2D eigenvalue weighted by Crippen LogP contribution is 2.33. The van der Waals surface area contributed by atoms with E-state index < -0.39 is 0 Å². The van der Waals surface area contributed by atoms with E-state index in [9.17, 15) is 4.79 Å². The van der Waals surface area contributed by atoms with Crippen LogP contribution in [0.3, 0.4) is 0 Å². The van der Waals surface area contributed by atoms with E-state index in [4.69, 9.17) is 0 Å². The summed E-state index contributed by atoms with van der Waals surface area (Å²) in [5.74, 6) is 1.11. The first-order chi connectivity index (χ1) is 9.15. The number of nitrogens with one attached hydrogen (secondary N) is 1. The molecule has 0 aromatic carbocycles. The molecule has 1 saturated carbocycles. The molecule has 0 spiro atoms. The van der Waals surface area contributed by atoms with Gasteiger partial charge in [0.2, 0.25) is 5.91 Å². The monoisotopic (exact) mass is 265 g/mol. The number of fused-ring (bicyclic) bond motifs is 1. The third-order valence-electron chi connectivity index (χ3n) is 5.43. The summed E-state index contributed by atoms with van der Waals surface area (Å²) in [6.07, 6.45) is 6.36. The average molecular weight is 265 g/mol. The molecule has 1 aliphatic carbocycles. The zero-order valence-corrected chi connectivity index (χ0v) is 12.3. The van der Waals surface area contributed by atoms with E-state index in [-0.39, 0.29) is 6.04 Å². The summed E-state index contributed by atoms with van der Waals surface area (Å²) in [6.45, 7) is 5.00. The van der Waals surface area contributed by atoms with E-state index in [0.29, 0.717) is 18.0 Å². The second-order valence-electron chi connectivity index (χ2n) is 6.72. The molecular weight excluding hydrogens is 238 g/mol. The van der Waals surface area contributed by atoms with E-state index in [2.05, 4.69) is 29.1 Å². The van der Waals surface area contributed by atoms with Crippen molar-refractivity contribution in [2.45, 2.75) is 57.2 Å². The van der Waals surface area contributed by atoms with Gasteiger partial charge < -0.3 is 15.1 Å². The molecule has 4 heteroatoms. The van der Waals surface area contributed by atoms with Crippen LogP contribution in [0.15, 0.2) is 0 Å². The van der Waals surface area contributed by atoms with E-state index >= 15 is 0 Å². The Morgan fingerprint density at radius 2 is 2.00 bits per heavy atom. The summed E-state index contributed by atoms with van der Waals surface area (Å²) in [6, 6.07) is 1.21. The molecule has 0 aromatic rings. The second-order valence-corrected chi connectivity index (χ2v) is 6.72. The van der Waals surface area contributed by atoms with Gasteiger partial charge in [-0.05, 0) is 39.2 Å². The van der Waals surface area contributed by atoms with Crippen molar-refractivity contribution in [2.24, 2.45) is 5.92 Å². The van der Waals surface area contributed by atoms with Crippen molar-refractivity contribution in [1.82, 2.24) is 15.1 Å². The van der Waals surface area contributed by atoms with Crippen LogP contribution in [0.1, 0.15) is 39.0 Å². The smallest absolute Gasteiger partial charge is 0.239 e. The summed E-state index contributed by atoms with van der Waals surface area (Å²) >= 11 is 0. The van der Waals surface area contributed by atoms with Crippen LogP contribution in [0.2, 0.25) is 0 Å². The average Bonchev–Trinajstić information content (AvgIpc) is 2.85. The molecule has 3 aliphatic rings. The lowest BCUT2D eigenvalue weighted by Crippen LogP contribution is -2.55. The fourth-order valence-electron chi connectivity index (χ4n) is 3.98. The lowest BCUT2D eigenvalue weighted by Gasteiger charge is -2.38. The van der Waals surface area contributed by atoms with Gasteiger partial charge in [-0.15, -0.1) is 0 Å². The number of nitrogens with zero attached hydrogens (tertiary/aromatic N) is 2. The zero-order valence-electron chi connectivity index (χ0n) is 12.3. The van der Waals surface area contributed by atoms with Gasteiger partial charge in [-0.25, -0.2) is 0 Å². The Hall–Kier alpha value is -0.610. The molecule has 0 radical (unpaired) electrons. The minimum atomic E-state index is 0.101. The van der Waals surface area contributed by atoms with Crippen molar-refractivity contribution < 1.29 is 4.79 Å². The molecule has 4 unspecified atom stereocenters. The number of likely N-dealkylation sites (N-methyl/N-ethyl adjacent to an activating group) is 1. The fraction of sp³-hybridized carbons (Fsp3) is 0.933. The first kappa shape index (κ1) is 13.4. The molecule has 0 aromatic heterocycles. The topological polar surface area (TPSA) is 35.6 Å². The van der Waals surface area contributed by atoms with Crippen LogP contribution in [0.4, 0.5) is 0 Å². The van der Waals surface area contributed by atoms with Crippen LogP contribution in [0, 0.1) is 5.92 Å². The maximum atomic E-state index is 12.6. The summed E-state index contributed by atoms with van der Waals surface area (Å²) < 4.78 is 0. The van der Waals surface area contributed by atoms with Crippen molar-refractivity contribution in [1.29, 1.82) is 0 Å². The molecular formula is C15H27N3O. The Balaban J connectivity index is 1.59. The summed E-state index contributed by atoms with van der Waals surface area (Å²) in [4.78, 5) is 17.1. The summed E-state index contributed by atoms with van der Waals surface area (Å²) in [7, 11) is 2.15. The number of carbonyl (C=O) groups is 1. The molecule has 4 atom stereocenters. The van der Waals surface area contributed by atoms with Gasteiger partial charge in [0.15, 0.2) is 0 Å². The Kier molecular flexibility index (Phi) is 3.81. The molecule has 1 N–H and O–H groups in total. The van der Waals surface area contributed by atoms with Crippen LogP contribution in [-0.4, -0.2) is 60.5 Å². The number of piperazine rings is 1. The van der Waals surface area contributed by atoms with E-state index in [1.54, 1.807) is 0 Å². The van der Waals surface area contributed by atoms with Crippen LogP contribution in [0.5, 0.6) is 0 Å². The molecule has 2 heterocycles. The Labute approximate surface area is 116 Å². The summed E-state index contributed by atoms with van der Waals surface area (Å²) in [5.41, 5.74) is 0. The number of hydrogen-bond donors (Lipinski definition) is 1. The van der Waals surface area contributed by atoms with Gasteiger partial charge in [0.25, 0.3) is 0 Å². The standard InChI is InChI=1S/C15H27N3O/c1-11-10-18(8-7-17(11)2)15(19)14-9-12-5-3-4-6-13(12)16-14/h11-14,16H,3-10H2,1-2H3. The third kappa shape index (κ3) is 2.65. The minimum Gasteiger partial charge on any atom is -0.339 e. The molecule has 3 rings (SSSR count). The van der Waals surface area contributed by atoms with E-state index in [0.717, 1.165) is 32.0 Å². The number of rotatable bonds is 1. The van der Waals surface area contributed by atoms with Crippen molar-refractivity contribution in [3.63, 3.8) is 0 Å². The molecule has 4 nitrogen and oxygen atoms in total. The predicted octanol–water partition coefficient (Wildman–Crippen LogP) is 1.07. The number of carbonyl (C=O) groups excluding carboxylic acids is 1. The minimum absolute atomic E-state index is 0.101. The maximum absolute atomic E-state index is 12.6. The highest BCUT2D eigenvalue weighted by molar-refractivity contribution is 5.82.